The highest BCUT2D eigenvalue weighted by molar-refractivity contribution is 6.11. The van der Waals surface area contributed by atoms with Crippen LogP contribution in [-0.2, 0) is 12.8 Å². The molecule has 0 aromatic heterocycles. The summed E-state index contributed by atoms with van der Waals surface area (Å²) in [4.78, 5) is 12.9. The van der Waals surface area contributed by atoms with Crippen LogP contribution in [0.4, 0.5) is 0 Å². The fourth-order valence-corrected chi connectivity index (χ4v) is 2.88. The zero-order valence-corrected chi connectivity index (χ0v) is 14.5. The quantitative estimate of drug-likeness (QED) is 0.670. The van der Waals surface area contributed by atoms with Crippen molar-refractivity contribution in [3.63, 3.8) is 0 Å². The van der Waals surface area contributed by atoms with E-state index in [0.29, 0.717) is 17.5 Å². The highest BCUT2D eigenvalue weighted by Crippen LogP contribution is 2.33. The number of ketones is 1. The van der Waals surface area contributed by atoms with E-state index in [1.54, 1.807) is 0 Å². The average Bonchev–Trinajstić information content (AvgIpc) is 2.59. The Morgan fingerprint density at radius 1 is 0.875 bits per heavy atom. The van der Waals surface area contributed by atoms with Crippen molar-refractivity contribution in [3.8, 4) is 11.5 Å². The van der Waals surface area contributed by atoms with Crippen molar-refractivity contribution < 1.29 is 15.0 Å². The number of benzene rings is 2. The number of aromatic hydroxyl groups is 2. The van der Waals surface area contributed by atoms with Gasteiger partial charge < -0.3 is 10.2 Å². The average molecular weight is 326 g/mol. The first-order valence-corrected chi connectivity index (χ1v) is 8.76. The first-order chi connectivity index (χ1) is 11.6. The Labute approximate surface area is 144 Å². The van der Waals surface area contributed by atoms with Crippen LogP contribution in [-0.4, -0.2) is 16.0 Å². The summed E-state index contributed by atoms with van der Waals surface area (Å²) < 4.78 is 0. The van der Waals surface area contributed by atoms with Crippen molar-refractivity contribution in [1.29, 1.82) is 0 Å². The maximum atomic E-state index is 12.9. The van der Waals surface area contributed by atoms with Gasteiger partial charge in [-0.05, 0) is 43.4 Å². The number of hydrogen-bond donors (Lipinski definition) is 2. The second-order valence-electron chi connectivity index (χ2n) is 6.15. The van der Waals surface area contributed by atoms with E-state index >= 15 is 0 Å². The minimum Gasteiger partial charge on any atom is -0.508 e. The van der Waals surface area contributed by atoms with Gasteiger partial charge in [0.25, 0.3) is 0 Å². The molecule has 0 saturated heterocycles. The third-order valence-electron chi connectivity index (χ3n) is 4.34. The number of carbonyl (C=O) groups excluding carboxylic acids is 1. The van der Waals surface area contributed by atoms with Crippen LogP contribution in [0.5, 0.6) is 11.5 Å². The van der Waals surface area contributed by atoms with E-state index in [0.717, 1.165) is 37.7 Å². The van der Waals surface area contributed by atoms with E-state index in [9.17, 15) is 15.0 Å². The van der Waals surface area contributed by atoms with E-state index in [4.69, 9.17) is 0 Å². The molecule has 0 bridgehead atoms. The summed E-state index contributed by atoms with van der Waals surface area (Å²) in [5, 5.41) is 20.5. The van der Waals surface area contributed by atoms with Gasteiger partial charge in [-0.2, -0.15) is 0 Å². The molecule has 3 heteroatoms. The van der Waals surface area contributed by atoms with Crippen molar-refractivity contribution in [1.82, 2.24) is 0 Å². The Balaban J connectivity index is 2.40. The molecule has 3 nitrogen and oxygen atoms in total. The van der Waals surface area contributed by atoms with Gasteiger partial charge in [0.15, 0.2) is 5.78 Å². The van der Waals surface area contributed by atoms with Crippen molar-refractivity contribution in [2.24, 2.45) is 0 Å². The number of phenolic OH excluding ortho intramolecular Hbond substituents is 2. The fraction of sp³-hybridized carbons (Fsp3) is 0.381. The van der Waals surface area contributed by atoms with E-state index in [1.807, 2.05) is 31.2 Å². The third kappa shape index (κ3) is 3.97. The maximum absolute atomic E-state index is 12.9. The Hall–Kier alpha value is -2.29. The monoisotopic (exact) mass is 326 g/mol. The lowest BCUT2D eigenvalue weighted by Crippen LogP contribution is -2.07. The van der Waals surface area contributed by atoms with E-state index < -0.39 is 0 Å². The number of phenols is 2. The molecule has 0 unspecified atom stereocenters. The Morgan fingerprint density at radius 2 is 1.54 bits per heavy atom. The van der Waals surface area contributed by atoms with Crippen LogP contribution in [0.1, 0.15) is 66.6 Å². The molecule has 2 rings (SSSR count). The van der Waals surface area contributed by atoms with Crippen molar-refractivity contribution in [2.45, 2.75) is 52.4 Å². The minimum absolute atomic E-state index is 0.0526. The van der Waals surface area contributed by atoms with Crippen LogP contribution in [0.2, 0.25) is 0 Å². The van der Waals surface area contributed by atoms with Crippen LogP contribution in [0.15, 0.2) is 36.4 Å². The highest BCUT2D eigenvalue weighted by Gasteiger charge is 2.20. The number of rotatable bonds is 8. The molecule has 128 valence electrons. The van der Waals surface area contributed by atoms with Crippen LogP contribution in [0.3, 0.4) is 0 Å². The largest absolute Gasteiger partial charge is 0.508 e. The topological polar surface area (TPSA) is 57.5 Å². The van der Waals surface area contributed by atoms with Crippen molar-refractivity contribution in [3.05, 3.63) is 58.7 Å². The Morgan fingerprint density at radius 3 is 2.25 bits per heavy atom. The standard InChI is InChI=1S/C21H26O3/c1-3-5-9-15-10-7-8-12-16(15)20(23)18-13-14-19(22)17(21(18)24)11-6-4-2/h7-8,10,12-14,22,24H,3-6,9,11H2,1-2H3. The summed E-state index contributed by atoms with van der Waals surface area (Å²) in [5.41, 5.74) is 2.37. The summed E-state index contributed by atoms with van der Waals surface area (Å²) in [6, 6.07) is 10.6. The van der Waals surface area contributed by atoms with Crippen LogP contribution in [0.25, 0.3) is 0 Å². The zero-order valence-electron chi connectivity index (χ0n) is 14.5. The predicted molar refractivity (Wildman–Crippen MR) is 96.9 cm³/mol. The summed E-state index contributed by atoms with van der Waals surface area (Å²) in [7, 11) is 0. The van der Waals surface area contributed by atoms with E-state index in [2.05, 4.69) is 6.92 Å². The molecular formula is C21H26O3. The van der Waals surface area contributed by atoms with Gasteiger partial charge in [-0.3, -0.25) is 4.79 Å². The Bertz CT molecular complexity index is 704. The van der Waals surface area contributed by atoms with Crippen LogP contribution >= 0.6 is 0 Å². The molecule has 0 fully saturated rings. The molecule has 0 aliphatic carbocycles. The number of hydrogen-bond acceptors (Lipinski definition) is 3. The van der Waals surface area contributed by atoms with Crippen molar-refractivity contribution >= 4 is 5.78 Å². The second-order valence-corrected chi connectivity index (χ2v) is 6.15. The van der Waals surface area contributed by atoms with Crippen LogP contribution in [0, 0.1) is 0 Å². The lowest BCUT2D eigenvalue weighted by atomic mass is 9.93. The molecular weight excluding hydrogens is 300 g/mol. The van der Waals surface area contributed by atoms with E-state index in [-0.39, 0.29) is 22.8 Å². The highest BCUT2D eigenvalue weighted by atomic mass is 16.3. The smallest absolute Gasteiger partial charge is 0.197 e. The van der Waals surface area contributed by atoms with E-state index in [1.165, 1.54) is 12.1 Å². The van der Waals surface area contributed by atoms with Gasteiger partial charge in [-0.25, -0.2) is 0 Å². The predicted octanol–water partition coefficient (Wildman–Crippen LogP) is 5.01. The molecule has 0 heterocycles. The maximum Gasteiger partial charge on any atom is 0.197 e. The number of carbonyl (C=O) groups is 1. The molecule has 2 aromatic rings. The lowest BCUT2D eigenvalue weighted by Gasteiger charge is -2.13. The SMILES string of the molecule is CCCCc1ccccc1C(=O)c1ccc(O)c(CCCC)c1O. The molecule has 0 aliphatic rings. The summed E-state index contributed by atoms with van der Waals surface area (Å²) in [5.74, 6) is -0.215. The summed E-state index contributed by atoms with van der Waals surface area (Å²) in [6.07, 6.45) is 5.30. The molecule has 0 radical (unpaired) electrons. The van der Waals surface area contributed by atoms with Crippen LogP contribution < -0.4 is 0 Å². The molecule has 0 spiro atoms. The third-order valence-corrected chi connectivity index (χ3v) is 4.34. The number of unbranched alkanes of at least 4 members (excludes halogenated alkanes) is 2. The fourth-order valence-electron chi connectivity index (χ4n) is 2.88. The van der Waals surface area contributed by atoms with Gasteiger partial charge in [0.2, 0.25) is 0 Å². The molecule has 0 saturated carbocycles. The van der Waals surface area contributed by atoms with Gasteiger partial charge in [-0.15, -0.1) is 0 Å². The number of aryl methyl sites for hydroxylation is 1. The van der Waals surface area contributed by atoms with Gasteiger partial charge in [0, 0.05) is 11.1 Å². The minimum atomic E-state index is -0.183. The van der Waals surface area contributed by atoms with Crippen molar-refractivity contribution in [2.75, 3.05) is 0 Å². The molecule has 24 heavy (non-hydrogen) atoms. The first-order valence-electron chi connectivity index (χ1n) is 8.76. The summed E-state index contributed by atoms with van der Waals surface area (Å²) in [6.45, 7) is 4.17. The van der Waals surface area contributed by atoms with Gasteiger partial charge in [0.05, 0.1) is 5.56 Å². The van der Waals surface area contributed by atoms with Gasteiger partial charge >= 0.3 is 0 Å². The lowest BCUT2D eigenvalue weighted by molar-refractivity contribution is 0.103. The first kappa shape index (κ1) is 18.1. The van der Waals surface area contributed by atoms with Gasteiger partial charge in [-0.1, -0.05) is 51.0 Å². The Kier molecular flexibility index (Phi) is 6.42. The molecule has 0 amide bonds. The normalized spacial score (nSPS) is 10.8. The molecule has 0 atom stereocenters. The molecule has 2 N–H and O–H groups in total. The second kappa shape index (κ2) is 8.53. The molecule has 0 aliphatic heterocycles. The molecule has 2 aromatic carbocycles. The van der Waals surface area contributed by atoms with Gasteiger partial charge in [0.1, 0.15) is 11.5 Å². The summed E-state index contributed by atoms with van der Waals surface area (Å²) >= 11 is 0. The zero-order chi connectivity index (χ0) is 17.5.